The summed E-state index contributed by atoms with van der Waals surface area (Å²) in [5, 5.41) is 0. The van der Waals surface area contributed by atoms with Gasteiger partial charge in [-0.3, -0.25) is 4.79 Å². The van der Waals surface area contributed by atoms with Crippen LogP contribution in [0.25, 0.3) is 0 Å². The van der Waals surface area contributed by atoms with Crippen LogP contribution in [0.15, 0.2) is 24.3 Å². The number of esters is 1. The molecule has 2 nitrogen and oxygen atoms in total. The van der Waals surface area contributed by atoms with Crippen LogP contribution < -0.4 is 0 Å². The first kappa shape index (κ1) is 12.2. The zero-order valence-corrected chi connectivity index (χ0v) is 10.6. The average Bonchev–Trinajstić information content (AvgIpc) is 2.38. The lowest BCUT2D eigenvalue weighted by Crippen LogP contribution is -2.20. The number of hydrogen-bond acceptors (Lipinski definition) is 2. The smallest absolute Gasteiger partial charge is 0.309 e. The highest BCUT2D eigenvalue weighted by molar-refractivity contribution is 5.72. The van der Waals surface area contributed by atoms with Crippen LogP contribution in [-0.2, 0) is 16.0 Å². The monoisotopic (exact) mass is 232 g/mol. The van der Waals surface area contributed by atoms with E-state index in [9.17, 15) is 4.79 Å². The van der Waals surface area contributed by atoms with E-state index in [0.717, 1.165) is 25.7 Å². The molecule has 2 unspecified atom stereocenters. The summed E-state index contributed by atoms with van der Waals surface area (Å²) in [6.45, 7) is 3.94. The van der Waals surface area contributed by atoms with Crippen LogP contribution in [0.5, 0.6) is 0 Å². The Kier molecular flexibility index (Phi) is 3.82. The molecule has 0 radical (unpaired) electrons. The fourth-order valence-electron chi connectivity index (χ4n) is 2.25. The van der Waals surface area contributed by atoms with E-state index in [0.29, 0.717) is 0 Å². The fourth-order valence-corrected chi connectivity index (χ4v) is 2.25. The van der Waals surface area contributed by atoms with E-state index in [4.69, 9.17) is 4.74 Å². The normalized spacial score (nSPS) is 20.5. The van der Waals surface area contributed by atoms with Gasteiger partial charge in [-0.25, -0.2) is 0 Å². The zero-order valence-electron chi connectivity index (χ0n) is 10.6. The van der Waals surface area contributed by atoms with E-state index in [2.05, 4.69) is 18.2 Å². The van der Waals surface area contributed by atoms with E-state index >= 15 is 0 Å². The van der Waals surface area contributed by atoms with Crippen molar-refractivity contribution in [3.8, 4) is 0 Å². The summed E-state index contributed by atoms with van der Waals surface area (Å²) >= 11 is 0. The predicted octanol–water partition coefficient (Wildman–Crippen LogP) is 3.65. The van der Waals surface area contributed by atoms with Crippen LogP contribution >= 0.6 is 0 Å². The molecule has 0 aromatic heterocycles. The lowest BCUT2D eigenvalue weighted by Gasteiger charge is -2.26. The molecule has 0 bridgehead atoms. The van der Waals surface area contributed by atoms with Crippen molar-refractivity contribution in [3.63, 3.8) is 0 Å². The van der Waals surface area contributed by atoms with E-state index in [-0.39, 0.29) is 18.0 Å². The molecule has 0 aliphatic heterocycles. The van der Waals surface area contributed by atoms with Gasteiger partial charge in [0.25, 0.3) is 0 Å². The number of ether oxygens (including phenoxy) is 1. The Morgan fingerprint density at radius 2 is 2.24 bits per heavy atom. The molecule has 0 saturated carbocycles. The fraction of sp³-hybridized carbons (Fsp3) is 0.533. The van der Waals surface area contributed by atoms with Crippen LogP contribution in [0.2, 0.25) is 0 Å². The highest BCUT2D eigenvalue weighted by atomic mass is 16.5. The number of carbonyl (C=O) groups excluding carboxylic acids is 1. The van der Waals surface area contributed by atoms with Crippen LogP contribution in [0.3, 0.4) is 0 Å². The SMILES string of the molecule is CCC(C)C(=O)OC1CCCc2ccccc21. The van der Waals surface area contributed by atoms with Crippen molar-refractivity contribution in [3.05, 3.63) is 35.4 Å². The molecule has 1 aliphatic rings. The number of carbonyl (C=O) groups is 1. The Labute approximate surface area is 103 Å². The Morgan fingerprint density at radius 1 is 1.47 bits per heavy atom. The van der Waals surface area contributed by atoms with Gasteiger partial charge in [0.05, 0.1) is 5.92 Å². The molecule has 0 saturated heterocycles. The topological polar surface area (TPSA) is 26.3 Å². The first-order valence-corrected chi connectivity index (χ1v) is 6.50. The molecular formula is C15H20O2. The van der Waals surface area contributed by atoms with E-state index < -0.39 is 0 Å². The van der Waals surface area contributed by atoms with Crippen molar-refractivity contribution in [2.24, 2.45) is 5.92 Å². The Hall–Kier alpha value is -1.31. The summed E-state index contributed by atoms with van der Waals surface area (Å²) < 4.78 is 5.63. The molecular weight excluding hydrogens is 212 g/mol. The minimum atomic E-state index is -0.0609. The predicted molar refractivity (Wildman–Crippen MR) is 67.7 cm³/mol. The Balaban J connectivity index is 2.11. The van der Waals surface area contributed by atoms with Crippen LogP contribution in [0.4, 0.5) is 0 Å². The molecule has 2 heteroatoms. The summed E-state index contributed by atoms with van der Waals surface area (Å²) in [5.74, 6) is -0.0571. The summed E-state index contributed by atoms with van der Waals surface area (Å²) in [7, 11) is 0. The maximum absolute atomic E-state index is 11.8. The molecule has 1 aliphatic carbocycles. The third-order valence-electron chi connectivity index (χ3n) is 3.59. The Bertz CT molecular complexity index is 398. The van der Waals surface area contributed by atoms with Gasteiger partial charge in [-0.05, 0) is 36.8 Å². The first-order valence-electron chi connectivity index (χ1n) is 6.50. The first-order chi connectivity index (χ1) is 8.22. The molecule has 2 atom stereocenters. The highest BCUT2D eigenvalue weighted by Gasteiger charge is 2.24. The van der Waals surface area contributed by atoms with Crippen molar-refractivity contribution in [1.82, 2.24) is 0 Å². The van der Waals surface area contributed by atoms with E-state index in [1.807, 2.05) is 19.9 Å². The molecule has 92 valence electrons. The van der Waals surface area contributed by atoms with Gasteiger partial charge < -0.3 is 4.74 Å². The number of aryl methyl sites for hydroxylation is 1. The average molecular weight is 232 g/mol. The highest BCUT2D eigenvalue weighted by Crippen LogP contribution is 2.32. The molecule has 0 heterocycles. The van der Waals surface area contributed by atoms with Gasteiger partial charge in [0.1, 0.15) is 6.10 Å². The van der Waals surface area contributed by atoms with Gasteiger partial charge in [-0.15, -0.1) is 0 Å². The molecule has 1 aromatic rings. The van der Waals surface area contributed by atoms with Gasteiger partial charge >= 0.3 is 5.97 Å². The molecule has 0 fully saturated rings. The second kappa shape index (κ2) is 5.35. The van der Waals surface area contributed by atoms with Crippen LogP contribution in [0.1, 0.15) is 50.3 Å². The lowest BCUT2D eigenvalue weighted by molar-refractivity contribution is -0.154. The molecule has 0 amide bonds. The Morgan fingerprint density at radius 3 is 3.00 bits per heavy atom. The van der Waals surface area contributed by atoms with Crippen molar-refractivity contribution >= 4 is 5.97 Å². The molecule has 1 aromatic carbocycles. The number of rotatable bonds is 3. The quantitative estimate of drug-likeness (QED) is 0.743. The van der Waals surface area contributed by atoms with Gasteiger partial charge in [-0.2, -0.15) is 0 Å². The van der Waals surface area contributed by atoms with Crippen LogP contribution in [-0.4, -0.2) is 5.97 Å². The van der Waals surface area contributed by atoms with Gasteiger partial charge in [-0.1, -0.05) is 38.1 Å². The van der Waals surface area contributed by atoms with Gasteiger partial charge in [0, 0.05) is 0 Å². The van der Waals surface area contributed by atoms with Gasteiger partial charge in [0.15, 0.2) is 0 Å². The van der Waals surface area contributed by atoms with Crippen molar-refractivity contribution < 1.29 is 9.53 Å². The van der Waals surface area contributed by atoms with Crippen LogP contribution in [0, 0.1) is 5.92 Å². The molecule has 2 rings (SSSR count). The summed E-state index contributed by atoms with van der Waals surface area (Å²) in [6.07, 6.45) is 3.98. The standard InChI is InChI=1S/C15H20O2/c1-3-11(2)15(16)17-14-10-6-8-12-7-4-5-9-13(12)14/h4-5,7,9,11,14H,3,6,8,10H2,1-2H3. The van der Waals surface area contributed by atoms with Crippen molar-refractivity contribution in [1.29, 1.82) is 0 Å². The maximum Gasteiger partial charge on any atom is 0.309 e. The third-order valence-corrected chi connectivity index (χ3v) is 3.59. The summed E-state index contributed by atoms with van der Waals surface area (Å²) in [4.78, 5) is 11.8. The molecule has 0 spiro atoms. The maximum atomic E-state index is 11.8. The van der Waals surface area contributed by atoms with Crippen molar-refractivity contribution in [2.75, 3.05) is 0 Å². The summed E-state index contributed by atoms with van der Waals surface area (Å²) in [5.41, 5.74) is 2.54. The second-order valence-electron chi connectivity index (χ2n) is 4.83. The molecule has 0 N–H and O–H groups in total. The largest absolute Gasteiger partial charge is 0.457 e. The number of fused-ring (bicyclic) bond motifs is 1. The minimum absolute atomic E-state index is 0.00379. The van der Waals surface area contributed by atoms with Crippen molar-refractivity contribution in [2.45, 2.75) is 45.6 Å². The molecule has 17 heavy (non-hydrogen) atoms. The zero-order chi connectivity index (χ0) is 12.3. The number of hydrogen-bond donors (Lipinski definition) is 0. The summed E-state index contributed by atoms with van der Waals surface area (Å²) in [6, 6.07) is 8.30. The van der Waals surface area contributed by atoms with E-state index in [1.165, 1.54) is 11.1 Å². The van der Waals surface area contributed by atoms with Gasteiger partial charge in [0.2, 0.25) is 0 Å². The minimum Gasteiger partial charge on any atom is -0.457 e. The third kappa shape index (κ3) is 2.68. The van der Waals surface area contributed by atoms with E-state index in [1.54, 1.807) is 0 Å². The lowest BCUT2D eigenvalue weighted by atomic mass is 9.89. The second-order valence-corrected chi connectivity index (χ2v) is 4.83. The number of benzene rings is 1.